The normalized spacial score (nSPS) is 12.4. The zero-order chi connectivity index (χ0) is 14.6. The second-order valence-corrected chi connectivity index (χ2v) is 9.73. The van der Waals surface area contributed by atoms with Crippen molar-refractivity contribution >= 4 is 18.7 Å². The van der Waals surface area contributed by atoms with Gasteiger partial charge in [-0.1, -0.05) is 74.5 Å². The molecule has 2 aromatic carbocycles. The van der Waals surface area contributed by atoms with E-state index < -0.39 is 8.32 Å². The minimum absolute atomic E-state index is 0.0853. The quantitative estimate of drug-likeness (QED) is 0.824. The number of aliphatic hydroxyl groups is 1. The van der Waals surface area contributed by atoms with Crippen LogP contribution >= 0.6 is 0 Å². The lowest BCUT2D eigenvalue weighted by Gasteiger charge is -2.41. The summed E-state index contributed by atoms with van der Waals surface area (Å²) in [7, 11) is -2.91. The van der Waals surface area contributed by atoms with Gasteiger partial charge < -0.3 is 9.90 Å². The zero-order valence-corrected chi connectivity index (χ0v) is 13.1. The van der Waals surface area contributed by atoms with E-state index in [0.29, 0.717) is 6.42 Å². The van der Waals surface area contributed by atoms with Gasteiger partial charge in [0, 0.05) is 6.61 Å². The summed E-state index contributed by atoms with van der Waals surface area (Å²) in [4.78, 5) is 11.6. The summed E-state index contributed by atoms with van der Waals surface area (Å²) in [5, 5.41) is 11.0. The van der Waals surface area contributed by atoms with Crippen LogP contribution in [-0.2, 0) is 0 Å². The number of benzene rings is 2. The highest BCUT2D eigenvalue weighted by molar-refractivity contribution is 6.98. The summed E-state index contributed by atoms with van der Waals surface area (Å²) >= 11 is 0. The van der Waals surface area contributed by atoms with Crippen LogP contribution in [0.25, 0.3) is 0 Å². The molecule has 0 fully saturated rings. The molecule has 2 aromatic rings. The Bertz CT molecular complexity index is 498. The Morgan fingerprint density at radius 1 is 0.850 bits per heavy atom. The first kappa shape index (κ1) is 15.0. The summed E-state index contributed by atoms with van der Waals surface area (Å²) in [5.41, 5.74) is 0. The van der Waals surface area contributed by atoms with Gasteiger partial charge in [0.25, 0.3) is 8.32 Å². The molecule has 0 bridgehead atoms. The lowest BCUT2D eigenvalue weighted by molar-refractivity contribution is 0.264. The van der Waals surface area contributed by atoms with Crippen molar-refractivity contribution in [2.45, 2.75) is 25.3 Å². The summed E-state index contributed by atoms with van der Waals surface area (Å²) < 4.78 is 0. The molecular weight excluding hydrogens is 264 g/mol. The highest BCUT2D eigenvalue weighted by Crippen LogP contribution is 2.38. The van der Waals surface area contributed by atoms with E-state index in [0.717, 1.165) is 10.4 Å². The fourth-order valence-corrected chi connectivity index (χ4v) is 6.49. The maximum Gasteiger partial charge on any atom is 0.258 e. The van der Waals surface area contributed by atoms with Crippen LogP contribution in [0.1, 0.15) is 20.3 Å². The largest absolute Gasteiger partial charge is 0.424 e. The zero-order valence-electron chi connectivity index (χ0n) is 12.1. The van der Waals surface area contributed by atoms with Gasteiger partial charge in [0.2, 0.25) is 0 Å². The van der Waals surface area contributed by atoms with Crippen LogP contribution in [0.3, 0.4) is 0 Å². The third kappa shape index (κ3) is 2.57. The van der Waals surface area contributed by atoms with E-state index in [-0.39, 0.29) is 11.6 Å². The third-order valence-electron chi connectivity index (χ3n) is 4.10. The molecule has 0 heterocycles. The highest BCUT2D eigenvalue weighted by Gasteiger charge is 2.49. The minimum atomic E-state index is -2.91. The van der Waals surface area contributed by atoms with Crippen molar-refractivity contribution in [1.82, 2.24) is 0 Å². The van der Waals surface area contributed by atoms with Crippen molar-refractivity contribution in [2.24, 2.45) is 0 Å². The fraction of sp³-hybridized carbons (Fsp3) is 0.294. The average molecular weight is 286 g/mol. The minimum Gasteiger partial charge on any atom is -0.424 e. The molecule has 2 N–H and O–H groups in total. The Labute approximate surface area is 121 Å². The summed E-state index contributed by atoms with van der Waals surface area (Å²) in [6.07, 6.45) is 0.583. The highest BCUT2D eigenvalue weighted by atomic mass is 28.4. The van der Waals surface area contributed by atoms with Crippen molar-refractivity contribution in [3.05, 3.63) is 60.7 Å². The van der Waals surface area contributed by atoms with Crippen LogP contribution in [0, 0.1) is 0 Å². The van der Waals surface area contributed by atoms with Gasteiger partial charge in [0.05, 0.1) is 0 Å². The Hall–Kier alpha value is -1.42. The summed E-state index contributed by atoms with van der Waals surface area (Å²) in [5.74, 6) is 0. The Morgan fingerprint density at radius 2 is 1.25 bits per heavy atom. The first-order valence-electron chi connectivity index (χ1n) is 6.96. The maximum absolute atomic E-state index is 11.6. The molecule has 2 nitrogen and oxygen atoms in total. The Morgan fingerprint density at radius 3 is 1.60 bits per heavy atom. The first-order valence-corrected chi connectivity index (χ1v) is 8.91. The van der Waals surface area contributed by atoms with Crippen LogP contribution in [0.2, 0.25) is 5.04 Å². The van der Waals surface area contributed by atoms with Crippen LogP contribution in [0.4, 0.5) is 0 Å². The second-order valence-electron chi connectivity index (χ2n) is 5.80. The molecule has 0 saturated heterocycles. The number of aliphatic hydroxyl groups excluding tert-OH is 1. The van der Waals surface area contributed by atoms with Gasteiger partial charge in [-0.25, -0.2) is 0 Å². The van der Waals surface area contributed by atoms with Crippen LogP contribution in [0.5, 0.6) is 0 Å². The van der Waals surface area contributed by atoms with Gasteiger partial charge in [-0.2, -0.15) is 0 Å². The molecule has 0 aliphatic heterocycles. The van der Waals surface area contributed by atoms with Gasteiger partial charge in [0.1, 0.15) is 0 Å². The van der Waals surface area contributed by atoms with Gasteiger partial charge in [-0.05, 0) is 21.8 Å². The molecule has 106 valence electrons. The molecule has 0 aliphatic carbocycles. The SMILES string of the molecule is CC(C)(CCO)[Si](O)(c1ccccc1)c1ccccc1. The molecule has 0 unspecified atom stereocenters. The lowest BCUT2D eigenvalue weighted by Crippen LogP contribution is -2.65. The molecule has 20 heavy (non-hydrogen) atoms. The predicted molar refractivity (Wildman–Crippen MR) is 85.9 cm³/mol. The molecule has 0 aliphatic rings. The molecule has 2 rings (SSSR count). The second kappa shape index (κ2) is 5.91. The Kier molecular flexibility index (Phi) is 4.43. The topological polar surface area (TPSA) is 40.5 Å². The standard InChI is InChI=1S/C17H22O2Si/c1-17(2,13-14-18)20(19,15-9-5-3-6-10-15)16-11-7-4-8-12-16/h3-12,18-19H,13-14H2,1-2H3. The third-order valence-corrected chi connectivity index (χ3v) is 8.65. The molecule has 0 saturated carbocycles. The van der Waals surface area contributed by atoms with Crippen LogP contribution < -0.4 is 10.4 Å². The molecule has 0 aromatic heterocycles. The molecular formula is C17H22O2Si. The fourth-order valence-electron chi connectivity index (χ4n) is 2.77. The summed E-state index contributed by atoms with van der Waals surface area (Å²) in [6.45, 7) is 4.19. The number of rotatable bonds is 5. The van der Waals surface area contributed by atoms with E-state index in [1.165, 1.54) is 0 Å². The molecule has 3 heteroatoms. The molecule has 0 atom stereocenters. The van der Waals surface area contributed by atoms with Gasteiger partial charge in [0.15, 0.2) is 0 Å². The van der Waals surface area contributed by atoms with E-state index in [2.05, 4.69) is 13.8 Å². The van der Waals surface area contributed by atoms with Crippen molar-refractivity contribution in [1.29, 1.82) is 0 Å². The maximum atomic E-state index is 11.6. The number of hydrogen-bond donors (Lipinski definition) is 2. The summed E-state index contributed by atoms with van der Waals surface area (Å²) in [6, 6.07) is 19.8. The van der Waals surface area contributed by atoms with Crippen molar-refractivity contribution < 1.29 is 9.90 Å². The van der Waals surface area contributed by atoms with Gasteiger partial charge >= 0.3 is 0 Å². The van der Waals surface area contributed by atoms with E-state index in [1.54, 1.807) is 0 Å². The smallest absolute Gasteiger partial charge is 0.258 e. The van der Waals surface area contributed by atoms with Gasteiger partial charge in [-0.15, -0.1) is 0 Å². The van der Waals surface area contributed by atoms with E-state index in [1.807, 2.05) is 60.7 Å². The van der Waals surface area contributed by atoms with Crippen molar-refractivity contribution in [3.8, 4) is 0 Å². The van der Waals surface area contributed by atoms with Crippen LogP contribution in [-0.4, -0.2) is 24.8 Å². The molecule has 0 spiro atoms. The first-order chi connectivity index (χ1) is 9.52. The van der Waals surface area contributed by atoms with Gasteiger partial charge in [-0.3, -0.25) is 0 Å². The van der Waals surface area contributed by atoms with Crippen molar-refractivity contribution in [2.75, 3.05) is 6.61 Å². The van der Waals surface area contributed by atoms with Crippen LogP contribution in [0.15, 0.2) is 60.7 Å². The van der Waals surface area contributed by atoms with E-state index in [4.69, 9.17) is 0 Å². The predicted octanol–water partition coefficient (Wildman–Crippen LogP) is 1.90. The average Bonchev–Trinajstić information content (AvgIpc) is 2.48. The van der Waals surface area contributed by atoms with Crippen molar-refractivity contribution in [3.63, 3.8) is 0 Å². The lowest BCUT2D eigenvalue weighted by atomic mass is 10.1. The molecule has 0 amide bonds. The number of hydrogen-bond acceptors (Lipinski definition) is 2. The van der Waals surface area contributed by atoms with E-state index in [9.17, 15) is 9.90 Å². The van der Waals surface area contributed by atoms with E-state index >= 15 is 0 Å². The Balaban J connectivity index is 2.61. The monoisotopic (exact) mass is 286 g/mol. The molecule has 0 radical (unpaired) electrons.